The molecule has 7 heteroatoms. The van der Waals surface area contributed by atoms with Gasteiger partial charge in [-0.1, -0.05) is 12.1 Å². The number of fused-ring (bicyclic) bond motifs is 1. The van der Waals surface area contributed by atoms with E-state index >= 15 is 0 Å². The van der Waals surface area contributed by atoms with Gasteiger partial charge in [-0.15, -0.1) is 21.5 Å². The molecule has 1 aliphatic heterocycles. The predicted molar refractivity (Wildman–Crippen MR) is 93.9 cm³/mol. The third-order valence-electron chi connectivity index (χ3n) is 4.16. The summed E-state index contributed by atoms with van der Waals surface area (Å²) in [5.41, 5.74) is 1.44. The lowest BCUT2D eigenvalue weighted by atomic mass is 10.3. The van der Waals surface area contributed by atoms with Gasteiger partial charge < -0.3 is 4.90 Å². The number of piperazine rings is 1. The molecule has 1 saturated heterocycles. The zero-order valence-corrected chi connectivity index (χ0v) is 13.9. The minimum atomic E-state index is 0.355. The van der Waals surface area contributed by atoms with E-state index in [1.807, 2.05) is 18.2 Å². The highest BCUT2D eigenvalue weighted by Crippen LogP contribution is 2.23. The molecule has 6 nitrogen and oxygen atoms in total. The number of nitrogens with zero attached hydrogens (tertiary/aromatic N) is 6. The first kappa shape index (κ1) is 15.0. The predicted octanol–water partition coefficient (Wildman–Crippen LogP) is 2.28. The molecule has 3 heterocycles. The summed E-state index contributed by atoms with van der Waals surface area (Å²) < 4.78 is 1.25. The highest BCUT2D eigenvalue weighted by atomic mass is 32.1. The molecule has 0 atom stereocenters. The second kappa shape index (κ2) is 6.51. The van der Waals surface area contributed by atoms with Crippen molar-refractivity contribution in [2.75, 3.05) is 31.1 Å². The summed E-state index contributed by atoms with van der Waals surface area (Å²) in [6.45, 7) is 4.65. The average Bonchev–Trinajstić information content (AvgIpc) is 3.05. The van der Waals surface area contributed by atoms with E-state index in [0.29, 0.717) is 5.69 Å². The molecule has 24 heavy (non-hydrogen) atoms. The molecule has 3 aromatic rings. The van der Waals surface area contributed by atoms with Gasteiger partial charge in [0.05, 0.1) is 16.8 Å². The molecule has 0 bridgehead atoms. The monoisotopic (exact) mass is 336 g/mol. The van der Waals surface area contributed by atoms with Crippen LogP contribution in [-0.2, 0) is 6.54 Å². The Kier molecular flexibility index (Phi) is 4.07. The Bertz CT molecular complexity index is 841. The molecule has 1 fully saturated rings. The van der Waals surface area contributed by atoms with Gasteiger partial charge in [0, 0.05) is 26.2 Å². The maximum absolute atomic E-state index is 8.79. The summed E-state index contributed by atoms with van der Waals surface area (Å²) in [7, 11) is 0. The van der Waals surface area contributed by atoms with Crippen molar-refractivity contribution in [1.82, 2.24) is 20.1 Å². The van der Waals surface area contributed by atoms with Crippen LogP contribution in [0.15, 0.2) is 36.4 Å². The van der Waals surface area contributed by atoms with Gasteiger partial charge in [-0.3, -0.25) is 4.90 Å². The second-order valence-corrected chi connectivity index (χ2v) is 6.84. The fourth-order valence-electron chi connectivity index (χ4n) is 2.87. The molecule has 0 radical (unpaired) electrons. The summed E-state index contributed by atoms with van der Waals surface area (Å²) in [5, 5.41) is 18.0. The molecule has 120 valence electrons. The van der Waals surface area contributed by atoms with Crippen LogP contribution in [0.25, 0.3) is 10.2 Å². The summed E-state index contributed by atoms with van der Waals surface area (Å²) >= 11 is 1.77. The van der Waals surface area contributed by atoms with Crippen LogP contribution in [-0.4, -0.2) is 46.3 Å². The third-order valence-corrected chi connectivity index (χ3v) is 5.18. The van der Waals surface area contributed by atoms with Crippen LogP contribution < -0.4 is 4.90 Å². The second-order valence-electron chi connectivity index (χ2n) is 5.73. The van der Waals surface area contributed by atoms with Crippen LogP contribution in [0.3, 0.4) is 0 Å². The van der Waals surface area contributed by atoms with Crippen molar-refractivity contribution in [3.05, 3.63) is 47.1 Å². The molecule has 0 amide bonds. The topological polar surface area (TPSA) is 68.9 Å². The van der Waals surface area contributed by atoms with Gasteiger partial charge >= 0.3 is 0 Å². The smallest absolute Gasteiger partial charge is 0.163 e. The Hall–Kier alpha value is -2.56. The molecule has 1 aliphatic rings. The highest BCUT2D eigenvalue weighted by Gasteiger charge is 2.19. The van der Waals surface area contributed by atoms with Crippen molar-refractivity contribution >= 4 is 27.4 Å². The van der Waals surface area contributed by atoms with E-state index in [2.05, 4.69) is 38.2 Å². The van der Waals surface area contributed by atoms with E-state index in [-0.39, 0.29) is 0 Å². The third kappa shape index (κ3) is 3.07. The lowest BCUT2D eigenvalue weighted by molar-refractivity contribution is 0.249. The standard InChI is InChI=1S/C17H16N6S/c18-11-13-5-6-16(21-20-13)23-9-7-22(8-10-23)12-17-19-14-3-1-2-4-15(14)24-17/h1-6H,7-10,12H2. The van der Waals surface area contributed by atoms with Crippen molar-refractivity contribution in [3.63, 3.8) is 0 Å². The van der Waals surface area contributed by atoms with E-state index in [9.17, 15) is 0 Å². The minimum absolute atomic E-state index is 0.355. The van der Waals surface area contributed by atoms with E-state index in [1.54, 1.807) is 17.4 Å². The lowest BCUT2D eigenvalue weighted by Gasteiger charge is -2.34. The van der Waals surface area contributed by atoms with Crippen molar-refractivity contribution in [2.24, 2.45) is 0 Å². The first-order valence-electron chi connectivity index (χ1n) is 7.87. The van der Waals surface area contributed by atoms with Crippen LogP contribution in [0.1, 0.15) is 10.7 Å². The molecule has 1 aromatic carbocycles. The van der Waals surface area contributed by atoms with Crippen molar-refractivity contribution in [2.45, 2.75) is 6.54 Å². The molecule has 0 saturated carbocycles. The summed E-state index contributed by atoms with van der Waals surface area (Å²) in [6.07, 6.45) is 0. The number of thiazole rings is 1. The van der Waals surface area contributed by atoms with Crippen molar-refractivity contribution < 1.29 is 0 Å². The number of rotatable bonds is 3. The number of benzene rings is 1. The summed E-state index contributed by atoms with van der Waals surface area (Å²) in [5.74, 6) is 0.841. The largest absolute Gasteiger partial charge is 0.353 e. The number of nitriles is 1. The van der Waals surface area contributed by atoms with Crippen LogP contribution in [0.4, 0.5) is 5.82 Å². The van der Waals surface area contributed by atoms with E-state index in [0.717, 1.165) is 44.1 Å². The van der Waals surface area contributed by atoms with Gasteiger partial charge in [-0.2, -0.15) is 5.26 Å². The van der Waals surface area contributed by atoms with E-state index in [4.69, 9.17) is 10.2 Å². The lowest BCUT2D eigenvalue weighted by Crippen LogP contribution is -2.46. The Morgan fingerprint density at radius 1 is 1.04 bits per heavy atom. The zero-order valence-electron chi connectivity index (χ0n) is 13.1. The Morgan fingerprint density at radius 2 is 1.88 bits per heavy atom. The summed E-state index contributed by atoms with van der Waals surface area (Å²) in [4.78, 5) is 9.35. The molecular formula is C17H16N6S. The Labute approximate surface area is 144 Å². The van der Waals surface area contributed by atoms with Crippen LogP contribution >= 0.6 is 11.3 Å². The average molecular weight is 336 g/mol. The Morgan fingerprint density at radius 3 is 2.58 bits per heavy atom. The molecule has 0 aliphatic carbocycles. The zero-order chi connectivity index (χ0) is 16.4. The van der Waals surface area contributed by atoms with Gasteiger partial charge in [0.2, 0.25) is 0 Å². The number of aromatic nitrogens is 3. The van der Waals surface area contributed by atoms with Crippen molar-refractivity contribution in [3.8, 4) is 6.07 Å². The van der Waals surface area contributed by atoms with Gasteiger partial charge in [0.25, 0.3) is 0 Å². The number of hydrogen-bond donors (Lipinski definition) is 0. The highest BCUT2D eigenvalue weighted by molar-refractivity contribution is 7.18. The molecular weight excluding hydrogens is 320 g/mol. The first-order valence-corrected chi connectivity index (χ1v) is 8.69. The fraction of sp³-hybridized carbons (Fsp3) is 0.294. The number of hydrogen-bond acceptors (Lipinski definition) is 7. The van der Waals surface area contributed by atoms with Gasteiger partial charge in [-0.05, 0) is 24.3 Å². The fourth-order valence-corrected chi connectivity index (χ4v) is 3.88. The minimum Gasteiger partial charge on any atom is -0.353 e. The van der Waals surface area contributed by atoms with Gasteiger partial charge in [0.15, 0.2) is 11.5 Å². The van der Waals surface area contributed by atoms with Crippen LogP contribution in [0.5, 0.6) is 0 Å². The van der Waals surface area contributed by atoms with Crippen molar-refractivity contribution in [1.29, 1.82) is 5.26 Å². The molecule has 2 aromatic heterocycles. The number of anilines is 1. The SMILES string of the molecule is N#Cc1ccc(N2CCN(Cc3nc4ccccc4s3)CC2)nn1. The molecule has 0 N–H and O–H groups in total. The van der Waals surface area contributed by atoms with Gasteiger partial charge in [0.1, 0.15) is 11.1 Å². The Balaban J connectivity index is 1.38. The molecule has 4 rings (SSSR count). The van der Waals surface area contributed by atoms with Crippen LogP contribution in [0.2, 0.25) is 0 Å². The maximum atomic E-state index is 8.79. The maximum Gasteiger partial charge on any atom is 0.163 e. The normalized spacial score (nSPS) is 15.5. The number of para-hydroxylation sites is 1. The van der Waals surface area contributed by atoms with Crippen LogP contribution in [0, 0.1) is 11.3 Å². The van der Waals surface area contributed by atoms with E-state index in [1.165, 1.54) is 9.71 Å². The molecule has 0 spiro atoms. The van der Waals surface area contributed by atoms with Gasteiger partial charge in [-0.25, -0.2) is 4.98 Å². The first-order chi connectivity index (χ1) is 11.8. The summed E-state index contributed by atoms with van der Waals surface area (Å²) in [6, 6.07) is 13.9. The van der Waals surface area contributed by atoms with E-state index < -0.39 is 0 Å². The molecule has 0 unspecified atom stereocenters. The quantitative estimate of drug-likeness (QED) is 0.731.